The summed E-state index contributed by atoms with van der Waals surface area (Å²) < 4.78 is 44.3. The van der Waals surface area contributed by atoms with E-state index in [2.05, 4.69) is 5.32 Å². The second kappa shape index (κ2) is 10.3. The van der Waals surface area contributed by atoms with Crippen LogP contribution >= 0.6 is 11.3 Å². The number of ether oxygens (including phenoxy) is 3. The Morgan fingerprint density at radius 3 is 2.48 bits per heavy atom. The van der Waals surface area contributed by atoms with Gasteiger partial charge >= 0.3 is 0 Å². The van der Waals surface area contributed by atoms with Crippen molar-refractivity contribution < 1.29 is 27.4 Å². The first kappa shape index (κ1) is 23.2. The Labute approximate surface area is 196 Å². The Balaban J connectivity index is 1.65. The minimum Gasteiger partial charge on any atom is -0.494 e. The fourth-order valence-corrected chi connectivity index (χ4v) is 5.34. The summed E-state index contributed by atoms with van der Waals surface area (Å²) in [6.07, 6.45) is 0. The standard InChI is InChI=1S/C23H24N2O6S2/c1-2-30-17-5-7-18(8-6-17)31-21-10-9-19(33(27,28)25-11-13-29-14-12-25)16-20(21)24-23(26)22-4-3-15-32-22/h3-10,15-16H,2,11-14H2,1H3,(H,24,26). The summed E-state index contributed by atoms with van der Waals surface area (Å²) in [5, 5.41) is 4.59. The van der Waals surface area contributed by atoms with Crippen LogP contribution in [0, 0.1) is 0 Å². The van der Waals surface area contributed by atoms with Gasteiger partial charge in [0.25, 0.3) is 5.91 Å². The summed E-state index contributed by atoms with van der Waals surface area (Å²) in [6.45, 7) is 3.71. The van der Waals surface area contributed by atoms with Crippen LogP contribution in [-0.4, -0.2) is 51.5 Å². The molecule has 0 saturated carbocycles. The number of carbonyl (C=O) groups is 1. The number of anilines is 1. The molecule has 1 saturated heterocycles. The van der Waals surface area contributed by atoms with Crippen LogP contribution in [0.5, 0.6) is 17.2 Å². The molecule has 1 N–H and O–H groups in total. The van der Waals surface area contributed by atoms with Crippen molar-refractivity contribution in [2.24, 2.45) is 0 Å². The third-order valence-electron chi connectivity index (χ3n) is 4.91. The van der Waals surface area contributed by atoms with E-state index in [0.29, 0.717) is 41.9 Å². The predicted molar refractivity (Wildman–Crippen MR) is 126 cm³/mol. The fraction of sp³-hybridized carbons (Fsp3) is 0.261. The van der Waals surface area contributed by atoms with Gasteiger partial charge in [-0.25, -0.2) is 8.42 Å². The first-order chi connectivity index (χ1) is 16.0. The lowest BCUT2D eigenvalue weighted by molar-refractivity contribution is 0.0730. The van der Waals surface area contributed by atoms with E-state index in [1.807, 2.05) is 6.92 Å². The van der Waals surface area contributed by atoms with Crippen molar-refractivity contribution in [3.05, 3.63) is 64.9 Å². The molecule has 4 rings (SSSR count). The molecular weight excluding hydrogens is 464 g/mol. The van der Waals surface area contributed by atoms with E-state index < -0.39 is 10.0 Å². The zero-order chi connectivity index (χ0) is 23.3. The van der Waals surface area contributed by atoms with Crippen molar-refractivity contribution in [2.45, 2.75) is 11.8 Å². The van der Waals surface area contributed by atoms with Gasteiger partial charge in [0.05, 0.1) is 35.3 Å². The van der Waals surface area contributed by atoms with Crippen LogP contribution in [0.2, 0.25) is 0 Å². The van der Waals surface area contributed by atoms with E-state index in [0.717, 1.165) is 0 Å². The van der Waals surface area contributed by atoms with Gasteiger partial charge in [0.1, 0.15) is 11.5 Å². The van der Waals surface area contributed by atoms with Gasteiger partial charge in [0, 0.05) is 13.1 Å². The largest absolute Gasteiger partial charge is 0.494 e. The van der Waals surface area contributed by atoms with E-state index >= 15 is 0 Å². The molecule has 0 unspecified atom stereocenters. The van der Waals surface area contributed by atoms with Gasteiger partial charge in [-0.3, -0.25) is 4.79 Å². The Morgan fingerprint density at radius 2 is 1.82 bits per heavy atom. The molecule has 1 aliphatic rings. The van der Waals surface area contributed by atoms with Crippen molar-refractivity contribution in [3.63, 3.8) is 0 Å². The van der Waals surface area contributed by atoms with Crippen molar-refractivity contribution in [1.82, 2.24) is 4.31 Å². The molecule has 0 atom stereocenters. The summed E-state index contributed by atoms with van der Waals surface area (Å²) in [7, 11) is -3.74. The number of hydrogen-bond acceptors (Lipinski definition) is 7. The quantitative estimate of drug-likeness (QED) is 0.510. The van der Waals surface area contributed by atoms with E-state index in [4.69, 9.17) is 14.2 Å². The number of benzene rings is 2. The molecule has 1 fully saturated rings. The van der Waals surface area contributed by atoms with Crippen LogP contribution in [0.1, 0.15) is 16.6 Å². The maximum absolute atomic E-state index is 13.1. The van der Waals surface area contributed by atoms with Gasteiger partial charge in [-0.15, -0.1) is 11.3 Å². The molecule has 2 heterocycles. The first-order valence-corrected chi connectivity index (χ1v) is 12.8. The third kappa shape index (κ3) is 5.53. The molecule has 0 bridgehead atoms. The fourth-order valence-electron chi connectivity index (χ4n) is 3.28. The SMILES string of the molecule is CCOc1ccc(Oc2ccc(S(=O)(=O)N3CCOCC3)cc2NC(=O)c2cccs2)cc1. The monoisotopic (exact) mass is 488 g/mol. The first-order valence-electron chi connectivity index (χ1n) is 10.4. The van der Waals surface area contributed by atoms with Gasteiger partial charge in [-0.1, -0.05) is 6.07 Å². The lowest BCUT2D eigenvalue weighted by Crippen LogP contribution is -2.40. The van der Waals surface area contributed by atoms with Crippen molar-refractivity contribution in [2.75, 3.05) is 38.2 Å². The number of rotatable bonds is 8. The van der Waals surface area contributed by atoms with Crippen molar-refractivity contribution >= 4 is 33.0 Å². The van der Waals surface area contributed by atoms with Crippen LogP contribution < -0.4 is 14.8 Å². The topological polar surface area (TPSA) is 94.2 Å². The minimum absolute atomic E-state index is 0.0740. The Hall–Kier alpha value is -2.92. The smallest absolute Gasteiger partial charge is 0.265 e. The van der Waals surface area contributed by atoms with Gasteiger partial charge in [0.15, 0.2) is 5.75 Å². The second-order valence-corrected chi connectivity index (χ2v) is 10.00. The number of carbonyl (C=O) groups excluding carboxylic acids is 1. The summed E-state index contributed by atoms with van der Waals surface area (Å²) >= 11 is 1.29. The molecule has 174 valence electrons. The normalized spacial score (nSPS) is 14.6. The molecule has 10 heteroatoms. The van der Waals surface area contributed by atoms with Gasteiger partial charge in [-0.2, -0.15) is 4.31 Å². The molecule has 0 aliphatic carbocycles. The van der Waals surface area contributed by atoms with E-state index in [-0.39, 0.29) is 29.6 Å². The second-order valence-electron chi connectivity index (χ2n) is 7.11. The number of amides is 1. The van der Waals surface area contributed by atoms with Crippen LogP contribution in [-0.2, 0) is 14.8 Å². The Bertz CT molecular complexity index is 1190. The summed E-state index contributed by atoms with van der Waals surface area (Å²) in [5.41, 5.74) is 0.261. The molecule has 1 aliphatic heterocycles. The molecule has 3 aromatic rings. The summed E-state index contributed by atoms with van der Waals surface area (Å²) in [6, 6.07) is 15.0. The van der Waals surface area contributed by atoms with Crippen LogP contribution in [0.25, 0.3) is 0 Å². The maximum atomic E-state index is 13.1. The van der Waals surface area contributed by atoms with E-state index in [9.17, 15) is 13.2 Å². The van der Waals surface area contributed by atoms with E-state index in [1.165, 1.54) is 27.8 Å². The number of nitrogens with zero attached hydrogens (tertiary/aromatic N) is 1. The van der Waals surface area contributed by atoms with Crippen LogP contribution in [0.15, 0.2) is 64.9 Å². The Kier molecular flexibility index (Phi) is 7.29. The molecule has 0 spiro atoms. The van der Waals surface area contributed by atoms with Gasteiger partial charge in [-0.05, 0) is 60.8 Å². The van der Waals surface area contributed by atoms with Crippen LogP contribution in [0.3, 0.4) is 0 Å². The third-order valence-corrected chi connectivity index (χ3v) is 7.68. The lowest BCUT2D eigenvalue weighted by atomic mass is 10.2. The summed E-state index contributed by atoms with van der Waals surface area (Å²) in [4.78, 5) is 13.3. The minimum atomic E-state index is -3.74. The molecule has 33 heavy (non-hydrogen) atoms. The maximum Gasteiger partial charge on any atom is 0.265 e. The lowest BCUT2D eigenvalue weighted by Gasteiger charge is -2.26. The number of sulfonamides is 1. The zero-order valence-electron chi connectivity index (χ0n) is 18.0. The molecule has 1 amide bonds. The zero-order valence-corrected chi connectivity index (χ0v) is 19.7. The number of hydrogen-bond donors (Lipinski definition) is 1. The highest BCUT2D eigenvalue weighted by Gasteiger charge is 2.27. The highest BCUT2D eigenvalue weighted by molar-refractivity contribution is 7.89. The number of morpholine rings is 1. The number of thiophene rings is 1. The highest BCUT2D eigenvalue weighted by Crippen LogP contribution is 2.34. The Morgan fingerprint density at radius 1 is 1.09 bits per heavy atom. The number of nitrogens with one attached hydrogen (secondary N) is 1. The van der Waals surface area contributed by atoms with E-state index in [1.54, 1.807) is 47.8 Å². The average Bonchev–Trinajstić information content (AvgIpc) is 3.37. The molecule has 8 nitrogen and oxygen atoms in total. The average molecular weight is 489 g/mol. The molecule has 1 aromatic heterocycles. The molecule has 0 radical (unpaired) electrons. The van der Waals surface area contributed by atoms with Gasteiger partial charge in [0.2, 0.25) is 10.0 Å². The predicted octanol–water partition coefficient (Wildman–Crippen LogP) is 4.21. The highest BCUT2D eigenvalue weighted by atomic mass is 32.2. The van der Waals surface area contributed by atoms with Gasteiger partial charge < -0.3 is 19.5 Å². The summed E-state index contributed by atoms with van der Waals surface area (Å²) in [5.74, 6) is 1.21. The van der Waals surface area contributed by atoms with Crippen molar-refractivity contribution in [1.29, 1.82) is 0 Å². The van der Waals surface area contributed by atoms with Crippen LogP contribution in [0.4, 0.5) is 5.69 Å². The molecular formula is C23H24N2O6S2. The molecule has 2 aromatic carbocycles. The van der Waals surface area contributed by atoms with Crippen molar-refractivity contribution in [3.8, 4) is 17.2 Å².